The van der Waals surface area contributed by atoms with Gasteiger partial charge in [-0.25, -0.2) is 4.98 Å². The Morgan fingerprint density at radius 2 is 2.10 bits per heavy atom. The molecule has 0 fully saturated rings. The number of nitrogens with zero attached hydrogens (tertiary/aromatic N) is 4. The second-order valence-electron chi connectivity index (χ2n) is 8.19. The maximum absolute atomic E-state index is 11.4. The molecule has 0 aliphatic carbocycles. The van der Waals surface area contributed by atoms with Gasteiger partial charge < -0.3 is 23.9 Å². The molecule has 1 aliphatic heterocycles. The first kappa shape index (κ1) is 19.6. The Balaban J connectivity index is 1.75. The molecule has 5 rings (SSSR count). The zero-order chi connectivity index (χ0) is 21.7. The zero-order valence-corrected chi connectivity index (χ0v) is 18.0. The third-order valence-corrected chi connectivity index (χ3v) is 6.23. The highest BCUT2D eigenvalue weighted by Gasteiger charge is 2.28. The van der Waals surface area contributed by atoms with E-state index < -0.39 is 0 Å². The Hall–Kier alpha value is -3.32. The van der Waals surface area contributed by atoms with Gasteiger partial charge in [-0.2, -0.15) is 0 Å². The molecule has 160 valence electrons. The van der Waals surface area contributed by atoms with Gasteiger partial charge in [0.25, 0.3) is 0 Å². The smallest absolute Gasteiger partial charge is 0.157 e. The lowest BCUT2D eigenvalue weighted by Gasteiger charge is -2.35. The summed E-state index contributed by atoms with van der Waals surface area (Å²) >= 11 is 0. The van der Waals surface area contributed by atoms with Crippen LogP contribution in [0.2, 0.25) is 0 Å². The average Bonchev–Trinajstić information content (AvgIpc) is 3.33. The van der Waals surface area contributed by atoms with Crippen molar-refractivity contribution in [1.82, 2.24) is 14.1 Å². The lowest BCUT2D eigenvalue weighted by Crippen LogP contribution is -2.35. The number of anilines is 1. The van der Waals surface area contributed by atoms with Crippen LogP contribution < -0.4 is 9.64 Å². The zero-order valence-electron chi connectivity index (χ0n) is 18.0. The number of carbonyl (C=O) groups is 1. The van der Waals surface area contributed by atoms with Crippen LogP contribution in [-0.4, -0.2) is 52.3 Å². The molecule has 7 heteroatoms. The number of aldehydes is 1. The number of para-hydroxylation sites is 1. The van der Waals surface area contributed by atoms with E-state index in [-0.39, 0.29) is 12.6 Å². The molecule has 4 aromatic rings. The van der Waals surface area contributed by atoms with Crippen molar-refractivity contribution in [2.75, 3.05) is 31.7 Å². The number of fused-ring (bicyclic) bond motifs is 1. The molecule has 3 heterocycles. The molecule has 31 heavy (non-hydrogen) atoms. The van der Waals surface area contributed by atoms with E-state index in [2.05, 4.69) is 40.7 Å². The van der Waals surface area contributed by atoms with Gasteiger partial charge in [-0.05, 0) is 37.6 Å². The number of aromatic nitrogens is 3. The summed E-state index contributed by atoms with van der Waals surface area (Å²) in [6.45, 7) is 4.12. The number of ether oxygens (including phenoxy) is 1. The van der Waals surface area contributed by atoms with Crippen molar-refractivity contribution in [2.24, 2.45) is 7.05 Å². The molecule has 2 aromatic heterocycles. The number of rotatable bonds is 6. The molecular weight excluding hydrogens is 392 g/mol. The van der Waals surface area contributed by atoms with E-state index in [1.54, 1.807) is 19.2 Å². The molecule has 0 saturated carbocycles. The number of aliphatic hydroxyl groups is 1. The van der Waals surface area contributed by atoms with Crippen LogP contribution in [0.25, 0.3) is 33.5 Å². The largest absolute Gasteiger partial charge is 0.494 e. The van der Waals surface area contributed by atoms with Gasteiger partial charge in [-0.1, -0.05) is 12.1 Å². The SMILES string of the molecule is COc1cc(C=O)cc2nc(-c3cc4cccc5c4n3C(C)CN5CCCO)n(C)c12. The van der Waals surface area contributed by atoms with Crippen molar-refractivity contribution in [1.29, 1.82) is 0 Å². The molecule has 0 spiro atoms. The number of benzene rings is 2. The van der Waals surface area contributed by atoms with E-state index in [9.17, 15) is 9.90 Å². The summed E-state index contributed by atoms with van der Waals surface area (Å²) in [5, 5.41) is 10.5. The van der Waals surface area contributed by atoms with E-state index in [0.29, 0.717) is 11.3 Å². The Bertz CT molecular complexity index is 1300. The molecule has 1 aliphatic rings. The van der Waals surface area contributed by atoms with E-state index in [4.69, 9.17) is 9.72 Å². The number of hydrogen-bond acceptors (Lipinski definition) is 5. The van der Waals surface area contributed by atoms with Crippen LogP contribution in [0.15, 0.2) is 36.4 Å². The van der Waals surface area contributed by atoms with Crippen LogP contribution in [0.3, 0.4) is 0 Å². The molecule has 0 radical (unpaired) electrons. The predicted octanol–water partition coefficient (Wildman–Crippen LogP) is 3.78. The fourth-order valence-corrected chi connectivity index (χ4v) is 4.91. The van der Waals surface area contributed by atoms with Crippen LogP contribution in [-0.2, 0) is 7.05 Å². The summed E-state index contributed by atoms with van der Waals surface area (Å²) in [6, 6.07) is 12.4. The second-order valence-corrected chi connectivity index (χ2v) is 8.19. The minimum atomic E-state index is 0.192. The number of methoxy groups -OCH3 is 1. The van der Waals surface area contributed by atoms with Crippen molar-refractivity contribution in [3.8, 4) is 17.3 Å². The third-order valence-electron chi connectivity index (χ3n) is 6.23. The summed E-state index contributed by atoms with van der Waals surface area (Å²) in [7, 11) is 3.60. The highest BCUT2D eigenvalue weighted by Crippen LogP contribution is 2.41. The van der Waals surface area contributed by atoms with Crippen molar-refractivity contribution in [2.45, 2.75) is 19.4 Å². The first-order chi connectivity index (χ1) is 15.1. The fraction of sp³-hybridized carbons (Fsp3) is 0.333. The summed E-state index contributed by atoms with van der Waals surface area (Å²) < 4.78 is 9.98. The number of carbonyl (C=O) groups excluding carboxylic acids is 1. The Labute approximate surface area is 180 Å². The number of hydrogen-bond donors (Lipinski definition) is 1. The standard InChI is InChI=1S/C24H26N4O3/c1-15-13-27(8-5-9-29)19-7-4-6-17-12-20(28(15)22(17)19)24-25-18-10-16(14-30)11-21(31-3)23(18)26(24)2/h4,6-7,10-12,14-15,29H,5,8-9,13H2,1-3H3. The predicted molar refractivity (Wildman–Crippen MR) is 122 cm³/mol. The minimum absolute atomic E-state index is 0.192. The Morgan fingerprint density at radius 3 is 2.84 bits per heavy atom. The van der Waals surface area contributed by atoms with Gasteiger partial charge in [-0.3, -0.25) is 4.79 Å². The second kappa shape index (κ2) is 7.42. The highest BCUT2D eigenvalue weighted by molar-refractivity contribution is 5.98. The average molecular weight is 418 g/mol. The molecule has 7 nitrogen and oxygen atoms in total. The van der Waals surface area contributed by atoms with Crippen LogP contribution in [0.5, 0.6) is 5.75 Å². The molecule has 0 saturated heterocycles. The van der Waals surface area contributed by atoms with Gasteiger partial charge in [-0.15, -0.1) is 0 Å². The topological polar surface area (TPSA) is 72.5 Å². The van der Waals surface area contributed by atoms with E-state index in [1.807, 2.05) is 11.6 Å². The lowest BCUT2D eigenvalue weighted by molar-refractivity contribution is 0.112. The molecule has 1 atom stereocenters. The fourth-order valence-electron chi connectivity index (χ4n) is 4.91. The van der Waals surface area contributed by atoms with Gasteiger partial charge in [0.05, 0.1) is 29.5 Å². The van der Waals surface area contributed by atoms with E-state index in [0.717, 1.165) is 48.3 Å². The molecule has 1 N–H and O–H groups in total. The Kier molecular flexibility index (Phi) is 4.70. The van der Waals surface area contributed by atoms with Crippen molar-refractivity contribution >= 4 is 33.9 Å². The van der Waals surface area contributed by atoms with Gasteiger partial charge >= 0.3 is 0 Å². The molecular formula is C24H26N4O3. The van der Waals surface area contributed by atoms with Gasteiger partial charge in [0.15, 0.2) is 5.82 Å². The van der Waals surface area contributed by atoms with Crippen molar-refractivity contribution < 1.29 is 14.6 Å². The van der Waals surface area contributed by atoms with Gasteiger partial charge in [0, 0.05) is 43.7 Å². The molecule has 2 aromatic carbocycles. The lowest BCUT2D eigenvalue weighted by atomic mass is 10.1. The molecule has 0 bridgehead atoms. The quantitative estimate of drug-likeness (QED) is 0.483. The summed E-state index contributed by atoms with van der Waals surface area (Å²) in [5.74, 6) is 1.48. The number of imidazole rings is 1. The first-order valence-corrected chi connectivity index (χ1v) is 10.6. The van der Waals surface area contributed by atoms with Crippen LogP contribution in [0.4, 0.5) is 5.69 Å². The molecule has 1 unspecified atom stereocenters. The van der Waals surface area contributed by atoms with E-state index in [1.165, 1.54) is 16.6 Å². The molecule has 0 amide bonds. The maximum atomic E-state index is 11.4. The van der Waals surface area contributed by atoms with Crippen molar-refractivity contribution in [3.05, 3.63) is 42.0 Å². The van der Waals surface area contributed by atoms with Crippen molar-refractivity contribution in [3.63, 3.8) is 0 Å². The normalized spacial score (nSPS) is 15.7. The number of aryl methyl sites for hydroxylation is 1. The Morgan fingerprint density at radius 1 is 1.26 bits per heavy atom. The minimum Gasteiger partial charge on any atom is -0.494 e. The van der Waals surface area contributed by atoms with Gasteiger partial charge in [0.1, 0.15) is 17.6 Å². The van der Waals surface area contributed by atoms with Crippen LogP contribution in [0, 0.1) is 0 Å². The summed E-state index contributed by atoms with van der Waals surface area (Å²) in [6.07, 6.45) is 1.57. The maximum Gasteiger partial charge on any atom is 0.157 e. The van der Waals surface area contributed by atoms with Crippen LogP contribution in [0.1, 0.15) is 29.7 Å². The highest BCUT2D eigenvalue weighted by atomic mass is 16.5. The van der Waals surface area contributed by atoms with Crippen LogP contribution >= 0.6 is 0 Å². The first-order valence-electron chi connectivity index (χ1n) is 10.6. The number of aliphatic hydroxyl groups excluding tert-OH is 1. The summed E-state index contributed by atoms with van der Waals surface area (Å²) in [4.78, 5) is 18.7. The monoisotopic (exact) mass is 418 g/mol. The summed E-state index contributed by atoms with van der Waals surface area (Å²) in [5.41, 5.74) is 5.59. The third kappa shape index (κ3) is 2.91. The van der Waals surface area contributed by atoms with E-state index >= 15 is 0 Å². The van der Waals surface area contributed by atoms with Gasteiger partial charge in [0.2, 0.25) is 0 Å².